The number of aliphatic hydroxyl groups is 4. The average Bonchev–Trinajstić information content (AvgIpc) is 2.32. The molecule has 4 N–H and O–H groups in total. The number of rotatable bonds is 2. The molecule has 1 aliphatic heterocycles. The van der Waals surface area contributed by atoms with Gasteiger partial charge in [-0.25, -0.2) is 0 Å². The highest BCUT2D eigenvalue weighted by Gasteiger charge is 2.38. The van der Waals surface area contributed by atoms with E-state index >= 15 is 0 Å². The maximum absolute atomic E-state index is 9.11. The lowest BCUT2D eigenvalue weighted by atomic mass is 10.1. The first-order chi connectivity index (χ1) is 5.16. The number of hydrogen-bond donors (Lipinski definition) is 4. The third kappa shape index (κ3) is 1.69. The van der Waals surface area contributed by atoms with Crippen LogP contribution in [0.1, 0.15) is 0 Å². The topological polar surface area (TPSA) is 90.2 Å². The van der Waals surface area contributed by atoms with Gasteiger partial charge in [-0.3, -0.25) is 0 Å². The van der Waals surface area contributed by atoms with Gasteiger partial charge >= 0.3 is 0 Å². The van der Waals surface area contributed by atoms with Crippen LogP contribution in [0, 0.1) is 0 Å². The maximum atomic E-state index is 9.11. The molecule has 1 fully saturated rings. The molecule has 0 amide bonds. The minimum absolute atomic E-state index is 0.00287. The Balaban J connectivity index is 2.47. The lowest BCUT2D eigenvalue weighted by Gasteiger charge is -2.18. The lowest BCUT2D eigenvalue weighted by Crippen LogP contribution is -2.40. The summed E-state index contributed by atoms with van der Waals surface area (Å²) in [5, 5.41) is 35.5. The summed E-state index contributed by atoms with van der Waals surface area (Å²) in [6.07, 6.45) is -4.05. The van der Waals surface area contributed by atoms with Crippen LogP contribution in [0.2, 0.25) is 0 Å². The Hall–Kier alpha value is -0.200. The molecule has 1 aliphatic rings. The zero-order chi connectivity index (χ0) is 8.43. The van der Waals surface area contributed by atoms with E-state index in [1.807, 2.05) is 0 Å². The van der Waals surface area contributed by atoms with Gasteiger partial charge in [0.25, 0.3) is 0 Å². The minimum atomic E-state index is -1.12. The first-order valence-electron chi connectivity index (χ1n) is 3.43. The summed E-state index contributed by atoms with van der Waals surface area (Å²) in [5.74, 6) is 0. The molecule has 11 heavy (non-hydrogen) atoms. The molecule has 1 saturated heterocycles. The van der Waals surface area contributed by atoms with E-state index < -0.39 is 31.0 Å². The molecule has 0 radical (unpaired) electrons. The van der Waals surface area contributed by atoms with Gasteiger partial charge in [0.05, 0.1) is 13.2 Å². The van der Waals surface area contributed by atoms with E-state index in [2.05, 4.69) is 0 Å². The van der Waals surface area contributed by atoms with Crippen LogP contribution in [-0.2, 0) is 4.74 Å². The van der Waals surface area contributed by atoms with Crippen LogP contribution >= 0.6 is 0 Å². The molecule has 0 unspecified atom stereocenters. The van der Waals surface area contributed by atoms with Crippen LogP contribution in [-0.4, -0.2) is 58.1 Å². The summed E-state index contributed by atoms with van der Waals surface area (Å²) in [6, 6.07) is 0. The van der Waals surface area contributed by atoms with E-state index in [-0.39, 0.29) is 6.61 Å². The number of hydrogen-bond acceptors (Lipinski definition) is 5. The molecular formula is C6H12O5. The fraction of sp³-hybridized carbons (Fsp3) is 1.00. The summed E-state index contributed by atoms with van der Waals surface area (Å²) >= 11 is 0. The largest absolute Gasteiger partial charge is 0.394 e. The molecule has 0 aromatic carbocycles. The van der Waals surface area contributed by atoms with Gasteiger partial charge in [0.2, 0.25) is 0 Å². The van der Waals surface area contributed by atoms with Crippen LogP contribution < -0.4 is 0 Å². The lowest BCUT2D eigenvalue weighted by molar-refractivity contribution is -0.0684. The molecule has 5 nitrogen and oxygen atoms in total. The average molecular weight is 164 g/mol. The van der Waals surface area contributed by atoms with Crippen molar-refractivity contribution in [1.29, 1.82) is 0 Å². The quantitative estimate of drug-likeness (QED) is 0.361. The fourth-order valence-electron chi connectivity index (χ4n) is 1.07. The highest BCUT2D eigenvalue weighted by molar-refractivity contribution is 4.87. The maximum Gasteiger partial charge on any atom is 0.114 e. The summed E-state index contributed by atoms with van der Waals surface area (Å²) in [6.45, 7) is -0.475. The Labute approximate surface area is 63.8 Å². The van der Waals surface area contributed by atoms with Gasteiger partial charge in [0.1, 0.15) is 24.4 Å². The normalized spacial score (nSPS) is 40.9. The van der Waals surface area contributed by atoms with E-state index in [0.29, 0.717) is 0 Å². The zero-order valence-electron chi connectivity index (χ0n) is 5.92. The summed E-state index contributed by atoms with van der Waals surface area (Å²) in [5.41, 5.74) is 0. The third-order valence-electron chi connectivity index (χ3n) is 1.76. The van der Waals surface area contributed by atoms with Gasteiger partial charge in [-0.05, 0) is 0 Å². The van der Waals surface area contributed by atoms with Crippen molar-refractivity contribution in [2.45, 2.75) is 24.4 Å². The van der Waals surface area contributed by atoms with Crippen LogP contribution in [0.5, 0.6) is 0 Å². The highest BCUT2D eigenvalue weighted by atomic mass is 16.5. The van der Waals surface area contributed by atoms with Gasteiger partial charge in [-0.2, -0.15) is 0 Å². The van der Waals surface area contributed by atoms with Crippen molar-refractivity contribution >= 4 is 0 Å². The number of aliphatic hydroxyl groups excluding tert-OH is 4. The van der Waals surface area contributed by atoms with Crippen molar-refractivity contribution in [2.24, 2.45) is 0 Å². The van der Waals surface area contributed by atoms with E-state index in [0.717, 1.165) is 0 Å². The third-order valence-corrected chi connectivity index (χ3v) is 1.76. The molecule has 4 atom stereocenters. The standard InChI is InChI=1S/C6H12O5/c7-1-3(8)6-5(10)4(9)2-11-6/h3-10H,1-2H2/t3-,4+,5+,6-/m1/s1. The van der Waals surface area contributed by atoms with E-state index in [9.17, 15) is 0 Å². The van der Waals surface area contributed by atoms with Gasteiger partial charge in [0, 0.05) is 0 Å². The van der Waals surface area contributed by atoms with Crippen molar-refractivity contribution in [3.8, 4) is 0 Å². The van der Waals surface area contributed by atoms with Gasteiger partial charge in [-0.1, -0.05) is 0 Å². The Morgan fingerprint density at radius 3 is 2.45 bits per heavy atom. The molecule has 0 bridgehead atoms. The predicted octanol–water partition coefficient (Wildman–Crippen LogP) is -2.54. The summed E-state index contributed by atoms with van der Waals surface area (Å²) in [4.78, 5) is 0. The summed E-state index contributed by atoms with van der Waals surface area (Å²) < 4.78 is 4.82. The Kier molecular flexibility index (Phi) is 2.80. The van der Waals surface area contributed by atoms with Crippen molar-refractivity contribution in [1.82, 2.24) is 0 Å². The van der Waals surface area contributed by atoms with Crippen LogP contribution in [0.4, 0.5) is 0 Å². The van der Waals surface area contributed by atoms with Gasteiger partial charge < -0.3 is 25.2 Å². The Morgan fingerprint density at radius 1 is 1.45 bits per heavy atom. The molecule has 1 heterocycles. The Bertz CT molecular complexity index is 128. The molecule has 0 aromatic heterocycles. The smallest absolute Gasteiger partial charge is 0.114 e. The zero-order valence-corrected chi connectivity index (χ0v) is 5.92. The van der Waals surface area contributed by atoms with Crippen LogP contribution in [0.3, 0.4) is 0 Å². The van der Waals surface area contributed by atoms with Crippen molar-refractivity contribution in [2.75, 3.05) is 13.2 Å². The molecular weight excluding hydrogens is 152 g/mol. The molecule has 0 saturated carbocycles. The molecule has 0 spiro atoms. The summed E-state index contributed by atoms with van der Waals surface area (Å²) in [7, 11) is 0. The van der Waals surface area contributed by atoms with E-state index in [4.69, 9.17) is 25.2 Å². The Morgan fingerprint density at radius 2 is 2.09 bits per heavy atom. The first kappa shape index (κ1) is 8.89. The van der Waals surface area contributed by atoms with Crippen molar-refractivity contribution < 1.29 is 25.2 Å². The molecule has 66 valence electrons. The van der Waals surface area contributed by atoms with Gasteiger partial charge in [0.15, 0.2) is 0 Å². The predicted molar refractivity (Wildman–Crippen MR) is 34.8 cm³/mol. The molecule has 1 rings (SSSR count). The fourth-order valence-corrected chi connectivity index (χ4v) is 1.07. The van der Waals surface area contributed by atoms with Crippen molar-refractivity contribution in [3.63, 3.8) is 0 Å². The molecule has 0 aliphatic carbocycles. The van der Waals surface area contributed by atoms with Crippen molar-refractivity contribution in [3.05, 3.63) is 0 Å². The minimum Gasteiger partial charge on any atom is -0.394 e. The van der Waals surface area contributed by atoms with Crippen LogP contribution in [0.25, 0.3) is 0 Å². The monoisotopic (exact) mass is 164 g/mol. The highest BCUT2D eigenvalue weighted by Crippen LogP contribution is 2.16. The van der Waals surface area contributed by atoms with E-state index in [1.165, 1.54) is 0 Å². The second kappa shape index (κ2) is 3.46. The first-order valence-corrected chi connectivity index (χ1v) is 3.43. The SMILES string of the molecule is OC[C@@H](O)[C@H]1OC[C@H](O)[C@@H]1O. The van der Waals surface area contributed by atoms with Crippen LogP contribution in [0.15, 0.2) is 0 Å². The van der Waals surface area contributed by atoms with E-state index in [1.54, 1.807) is 0 Å². The second-order valence-corrected chi connectivity index (χ2v) is 2.61. The second-order valence-electron chi connectivity index (χ2n) is 2.61. The number of ether oxygens (including phenoxy) is 1. The van der Waals surface area contributed by atoms with Gasteiger partial charge in [-0.15, -0.1) is 0 Å². The molecule has 0 aromatic rings. The molecule has 5 heteroatoms.